The summed E-state index contributed by atoms with van der Waals surface area (Å²) in [5, 5.41) is 19.2. The lowest BCUT2D eigenvalue weighted by molar-refractivity contribution is -0.0358. The standard InChI is InChI=1S/C19H15F4N5O/c1-11(28-17-5-3-12(20)6-14(17)18(23)26-28)19(29,8-27-10-24-9-25-27)15-4-2-13(21)7-16(15)22/h2-7,9-11,29H,8H2,1H3/t11-,19-/m1/s1. The van der Waals surface area contributed by atoms with Gasteiger partial charge < -0.3 is 5.11 Å². The van der Waals surface area contributed by atoms with E-state index in [9.17, 15) is 22.7 Å². The van der Waals surface area contributed by atoms with E-state index in [0.717, 1.165) is 28.9 Å². The van der Waals surface area contributed by atoms with Crippen LogP contribution >= 0.6 is 0 Å². The lowest BCUT2D eigenvalue weighted by atomic mass is 9.86. The van der Waals surface area contributed by atoms with Gasteiger partial charge in [-0.05, 0) is 31.2 Å². The summed E-state index contributed by atoms with van der Waals surface area (Å²) in [6.45, 7) is 1.22. The molecule has 2 aromatic heterocycles. The average Bonchev–Trinajstić information content (AvgIpc) is 3.29. The fourth-order valence-corrected chi connectivity index (χ4v) is 3.42. The van der Waals surface area contributed by atoms with E-state index in [1.54, 1.807) is 0 Å². The summed E-state index contributed by atoms with van der Waals surface area (Å²) in [5.74, 6) is -3.38. The number of fused-ring (bicyclic) bond motifs is 1. The summed E-state index contributed by atoms with van der Waals surface area (Å²) in [4.78, 5) is 3.80. The Morgan fingerprint density at radius 3 is 2.48 bits per heavy atom. The van der Waals surface area contributed by atoms with Gasteiger partial charge in [0.2, 0.25) is 5.95 Å². The number of benzene rings is 2. The molecule has 0 fully saturated rings. The van der Waals surface area contributed by atoms with E-state index in [-0.39, 0.29) is 23.0 Å². The SMILES string of the molecule is C[C@@H](n1nc(F)c2cc(F)ccc21)[C@](O)(Cn1cncn1)c1ccc(F)cc1F. The molecule has 0 saturated heterocycles. The maximum atomic E-state index is 14.6. The molecule has 0 aliphatic rings. The van der Waals surface area contributed by atoms with Crippen molar-refractivity contribution >= 4 is 10.9 Å². The number of rotatable bonds is 5. The monoisotopic (exact) mass is 405 g/mol. The first-order valence-corrected chi connectivity index (χ1v) is 8.63. The largest absolute Gasteiger partial charge is 0.381 e. The summed E-state index contributed by atoms with van der Waals surface area (Å²) < 4.78 is 58.3. The van der Waals surface area contributed by atoms with Crippen molar-refractivity contribution in [3.8, 4) is 0 Å². The highest BCUT2D eigenvalue weighted by molar-refractivity contribution is 5.79. The highest BCUT2D eigenvalue weighted by Gasteiger charge is 2.41. The Hall–Kier alpha value is -3.27. The van der Waals surface area contributed by atoms with E-state index in [0.29, 0.717) is 6.07 Å². The van der Waals surface area contributed by atoms with Gasteiger partial charge in [0.25, 0.3) is 0 Å². The predicted octanol–water partition coefficient (Wildman–Crippen LogP) is 3.33. The molecule has 2 aromatic carbocycles. The van der Waals surface area contributed by atoms with Crippen molar-refractivity contribution in [1.82, 2.24) is 24.5 Å². The molecule has 0 aliphatic heterocycles. The Morgan fingerprint density at radius 1 is 1.07 bits per heavy atom. The van der Waals surface area contributed by atoms with E-state index in [2.05, 4.69) is 15.2 Å². The van der Waals surface area contributed by atoms with Gasteiger partial charge in [0.1, 0.15) is 35.7 Å². The molecule has 0 saturated carbocycles. The predicted molar refractivity (Wildman–Crippen MR) is 94.6 cm³/mol. The Bertz CT molecular complexity index is 1180. The number of aliphatic hydroxyl groups is 1. The van der Waals surface area contributed by atoms with Crippen LogP contribution in [0.3, 0.4) is 0 Å². The Labute approximate surface area is 162 Å². The second kappa shape index (κ2) is 6.96. The molecule has 2 heterocycles. The number of aromatic nitrogens is 5. The van der Waals surface area contributed by atoms with Gasteiger partial charge in [0.05, 0.1) is 23.5 Å². The first-order chi connectivity index (χ1) is 13.8. The van der Waals surface area contributed by atoms with Crippen molar-refractivity contribution < 1.29 is 22.7 Å². The van der Waals surface area contributed by atoms with Crippen LogP contribution in [0.15, 0.2) is 49.1 Å². The topological polar surface area (TPSA) is 68.8 Å². The maximum Gasteiger partial charge on any atom is 0.240 e. The van der Waals surface area contributed by atoms with Gasteiger partial charge in [0, 0.05) is 11.6 Å². The first kappa shape index (κ1) is 19.1. The summed E-state index contributed by atoms with van der Waals surface area (Å²) in [6, 6.07) is 5.13. The lowest BCUT2D eigenvalue weighted by Gasteiger charge is -2.35. The van der Waals surface area contributed by atoms with Crippen LogP contribution in [0.2, 0.25) is 0 Å². The quantitative estimate of drug-likeness (QED) is 0.517. The van der Waals surface area contributed by atoms with Gasteiger partial charge >= 0.3 is 0 Å². The van der Waals surface area contributed by atoms with Gasteiger partial charge in [-0.3, -0.25) is 4.68 Å². The van der Waals surface area contributed by atoms with Crippen molar-refractivity contribution in [1.29, 1.82) is 0 Å². The minimum Gasteiger partial charge on any atom is -0.381 e. The van der Waals surface area contributed by atoms with Crippen molar-refractivity contribution in [3.05, 3.63) is 78.0 Å². The van der Waals surface area contributed by atoms with Crippen LogP contribution in [0.1, 0.15) is 18.5 Å². The Balaban J connectivity index is 1.89. The molecule has 4 aromatic rings. The third-order valence-electron chi connectivity index (χ3n) is 4.95. The molecule has 0 bridgehead atoms. The zero-order valence-corrected chi connectivity index (χ0v) is 15.1. The summed E-state index contributed by atoms with van der Waals surface area (Å²) in [5.41, 5.74) is -2.05. The summed E-state index contributed by atoms with van der Waals surface area (Å²) in [7, 11) is 0. The van der Waals surface area contributed by atoms with Crippen molar-refractivity contribution in [2.45, 2.75) is 25.1 Å². The summed E-state index contributed by atoms with van der Waals surface area (Å²) >= 11 is 0. The average molecular weight is 405 g/mol. The fraction of sp³-hybridized carbons (Fsp3) is 0.211. The van der Waals surface area contributed by atoms with E-state index < -0.39 is 35.0 Å². The van der Waals surface area contributed by atoms with E-state index in [1.165, 1.54) is 30.3 Å². The second-order valence-corrected chi connectivity index (χ2v) is 6.71. The second-order valence-electron chi connectivity index (χ2n) is 6.71. The third-order valence-corrected chi connectivity index (χ3v) is 4.95. The van der Waals surface area contributed by atoms with Crippen LogP contribution in [0.4, 0.5) is 17.6 Å². The fourth-order valence-electron chi connectivity index (χ4n) is 3.42. The van der Waals surface area contributed by atoms with Crippen LogP contribution in [-0.2, 0) is 12.1 Å². The van der Waals surface area contributed by atoms with Gasteiger partial charge in [-0.25, -0.2) is 22.8 Å². The molecule has 10 heteroatoms. The number of halogens is 4. The molecular weight excluding hydrogens is 390 g/mol. The molecule has 29 heavy (non-hydrogen) atoms. The molecule has 0 unspecified atom stereocenters. The molecule has 4 rings (SSSR count). The van der Waals surface area contributed by atoms with Crippen molar-refractivity contribution in [2.75, 3.05) is 0 Å². The number of nitrogens with zero attached hydrogens (tertiary/aromatic N) is 5. The Morgan fingerprint density at radius 2 is 1.79 bits per heavy atom. The van der Waals surface area contributed by atoms with Gasteiger partial charge in [0.15, 0.2) is 0 Å². The van der Waals surface area contributed by atoms with Crippen molar-refractivity contribution in [3.63, 3.8) is 0 Å². The van der Waals surface area contributed by atoms with Crippen LogP contribution in [0, 0.1) is 23.4 Å². The summed E-state index contributed by atoms with van der Waals surface area (Å²) in [6.07, 6.45) is 2.55. The molecule has 0 aliphatic carbocycles. The lowest BCUT2D eigenvalue weighted by Crippen LogP contribution is -2.41. The molecule has 0 amide bonds. The number of hydrogen-bond acceptors (Lipinski definition) is 4. The van der Waals surface area contributed by atoms with Crippen LogP contribution < -0.4 is 0 Å². The normalized spacial score (nSPS) is 14.8. The smallest absolute Gasteiger partial charge is 0.240 e. The molecular formula is C19H15F4N5O. The minimum absolute atomic E-state index is 0.0838. The van der Waals surface area contributed by atoms with E-state index in [4.69, 9.17) is 0 Å². The van der Waals surface area contributed by atoms with Crippen LogP contribution in [0.25, 0.3) is 10.9 Å². The van der Waals surface area contributed by atoms with Gasteiger partial charge in [-0.15, -0.1) is 5.10 Å². The number of hydrogen-bond donors (Lipinski definition) is 1. The first-order valence-electron chi connectivity index (χ1n) is 8.63. The molecule has 1 N–H and O–H groups in total. The minimum atomic E-state index is -2.02. The van der Waals surface area contributed by atoms with E-state index >= 15 is 0 Å². The highest BCUT2D eigenvalue weighted by atomic mass is 19.1. The molecule has 0 radical (unpaired) electrons. The zero-order valence-electron chi connectivity index (χ0n) is 15.1. The van der Waals surface area contributed by atoms with Crippen LogP contribution in [0.5, 0.6) is 0 Å². The van der Waals surface area contributed by atoms with Crippen molar-refractivity contribution in [2.24, 2.45) is 0 Å². The Kier molecular flexibility index (Phi) is 4.58. The van der Waals surface area contributed by atoms with E-state index in [1.807, 2.05) is 0 Å². The molecule has 150 valence electrons. The molecule has 2 atom stereocenters. The molecule has 6 nitrogen and oxygen atoms in total. The maximum absolute atomic E-state index is 14.6. The van der Waals surface area contributed by atoms with Crippen LogP contribution in [-0.4, -0.2) is 29.7 Å². The third kappa shape index (κ3) is 3.25. The highest BCUT2D eigenvalue weighted by Crippen LogP contribution is 2.38. The zero-order chi connectivity index (χ0) is 20.8. The van der Waals surface area contributed by atoms with Gasteiger partial charge in [-0.2, -0.15) is 9.49 Å². The van der Waals surface area contributed by atoms with Gasteiger partial charge in [-0.1, -0.05) is 6.07 Å². The molecule has 0 spiro atoms.